The lowest BCUT2D eigenvalue weighted by Gasteiger charge is -2.36. The van der Waals surface area contributed by atoms with Crippen molar-refractivity contribution >= 4 is 28.0 Å². The standard InChI is InChI=1S/C14H32N2O3SSi.C8H18N2O3S/c1-14(2,3)21(4,5)19-11-7-15-6-8-16-9-12-20(17,18)13-10-16;11-6-2-9-1-3-10-4-7-14(12,13)8-5-10/h15H,6-13H2,1-5H3;9,11H,1-8H2. The lowest BCUT2D eigenvalue weighted by molar-refractivity contribution is 0.269. The minimum Gasteiger partial charge on any atom is -0.416 e. The van der Waals surface area contributed by atoms with E-state index < -0.39 is 28.0 Å². The van der Waals surface area contributed by atoms with Gasteiger partial charge in [0.1, 0.15) is 0 Å². The van der Waals surface area contributed by atoms with E-state index in [4.69, 9.17) is 9.53 Å². The van der Waals surface area contributed by atoms with E-state index in [0.29, 0.717) is 44.2 Å². The average Bonchev–Trinajstić information content (AvgIpc) is 2.75. The van der Waals surface area contributed by atoms with Gasteiger partial charge in [-0.25, -0.2) is 16.8 Å². The number of aliphatic hydroxyl groups excluding tert-OH is 1. The molecule has 0 saturated carbocycles. The van der Waals surface area contributed by atoms with Crippen molar-refractivity contribution in [2.24, 2.45) is 0 Å². The first-order valence-corrected chi connectivity index (χ1v) is 19.2. The van der Waals surface area contributed by atoms with E-state index in [-0.39, 0.29) is 23.2 Å². The van der Waals surface area contributed by atoms with Crippen LogP contribution in [0.15, 0.2) is 0 Å². The Labute approximate surface area is 215 Å². The molecule has 0 aromatic rings. The molecule has 0 unspecified atom stereocenters. The molecule has 0 bridgehead atoms. The average molecular weight is 559 g/mol. The third-order valence-corrected chi connectivity index (χ3v) is 14.7. The van der Waals surface area contributed by atoms with Gasteiger partial charge in [0, 0.05) is 72.1 Å². The summed E-state index contributed by atoms with van der Waals surface area (Å²) in [7, 11) is -7.15. The predicted octanol–water partition coefficient (Wildman–Crippen LogP) is -0.373. The quantitative estimate of drug-likeness (QED) is 0.216. The third kappa shape index (κ3) is 14.4. The monoisotopic (exact) mass is 558 g/mol. The maximum Gasteiger partial charge on any atom is 0.192 e. The fourth-order valence-corrected chi connectivity index (χ4v) is 6.95. The van der Waals surface area contributed by atoms with E-state index in [0.717, 1.165) is 39.3 Å². The molecule has 0 spiro atoms. The molecule has 2 aliphatic rings. The van der Waals surface area contributed by atoms with Crippen molar-refractivity contribution in [1.82, 2.24) is 20.4 Å². The van der Waals surface area contributed by atoms with Crippen molar-refractivity contribution in [3.8, 4) is 0 Å². The fraction of sp³-hybridized carbons (Fsp3) is 1.00. The summed E-state index contributed by atoms with van der Waals surface area (Å²) in [6.45, 7) is 19.7. The zero-order chi connectivity index (χ0) is 26.6. The second kappa shape index (κ2) is 15.3. The maximum atomic E-state index is 11.3. The van der Waals surface area contributed by atoms with Crippen molar-refractivity contribution in [3.63, 3.8) is 0 Å². The van der Waals surface area contributed by atoms with E-state index in [2.05, 4.69) is 54.3 Å². The molecule has 2 saturated heterocycles. The van der Waals surface area contributed by atoms with Crippen LogP contribution in [-0.2, 0) is 24.1 Å². The molecular weight excluding hydrogens is 508 g/mol. The van der Waals surface area contributed by atoms with E-state index in [1.807, 2.05) is 0 Å². The van der Waals surface area contributed by atoms with Gasteiger partial charge in [-0.15, -0.1) is 0 Å². The molecule has 0 atom stereocenters. The molecule has 0 aliphatic carbocycles. The molecule has 3 N–H and O–H groups in total. The molecular formula is C22H50N4O6S2Si. The first-order valence-electron chi connectivity index (χ1n) is 12.7. The minimum absolute atomic E-state index is 0.147. The van der Waals surface area contributed by atoms with Crippen LogP contribution in [0.25, 0.3) is 0 Å². The largest absolute Gasteiger partial charge is 0.416 e. The highest BCUT2D eigenvalue weighted by molar-refractivity contribution is 7.91. The Kier molecular flexibility index (Phi) is 14.4. The van der Waals surface area contributed by atoms with Crippen molar-refractivity contribution in [3.05, 3.63) is 0 Å². The number of hydrogen-bond donors (Lipinski definition) is 3. The highest BCUT2D eigenvalue weighted by Crippen LogP contribution is 2.36. The molecule has 2 heterocycles. The zero-order valence-electron chi connectivity index (χ0n) is 22.5. The summed E-state index contributed by atoms with van der Waals surface area (Å²) in [4.78, 5) is 4.34. The van der Waals surface area contributed by atoms with Crippen LogP contribution in [0.5, 0.6) is 0 Å². The molecule has 0 amide bonds. The number of hydrogen-bond acceptors (Lipinski definition) is 10. The Hall–Kier alpha value is -0.123. The second-order valence-corrected chi connectivity index (χ2v) is 20.2. The number of aliphatic hydroxyl groups is 1. The van der Waals surface area contributed by atoms with E-state index in [1.165, 1.54) is 0 Å². The first kappa shape index (κ1) is 32.9. The summed E-state index contributed by atoms with van der Waals surface area (Å²) in [5.41, 5.74) is 0. The van der Waals surface area contributed by atoms with Gasteiger partial charge in [0.2, 0.25) is 0 Å². The smallest absolute Gasteiger partial charge is 0.192 e. The van der Waals surface area contributed by atoms with Crippen LogP contribution < -0.4 is 10.6 Å². The number of nitrogens with zero attached hydrogens (tertiary/aromatic N) is 2. The van der Waals surface area contributed by atoms with Crippen LogP contribution >= 0.6 is 0 Å². The molecule has 0 radical (unpaired) electrons. The Bertz CT molecular complexity index is 775. The normalized spacial score (nSPS) is 21.3. The minimum atomic E-state index is -2.76. The third-order valence-electron chi connectivity index (χ3n) is 6.92. The van der Waals surface area contributed by atoms with Crippen molar-refractivity contribution < 1.29 is 26.4 Å². The van der Waals surface area contributed by atoms with Crippen LogP contribution in [0.2, 0.25) is 18.1 Å². The highest BCUT2D eigenvalue weighted by Gasteiger charge is 2.36. The van der Waals surface area contributed by atoms with E-state index in [1.54, 1.807) is 0 Å². The summed E-state index contributed by atoms with van der Waals surface area (Å²) in [5.74, 6) is 1.18. The SMILES string of the molecule is CC(C)(C)[Si](C)(C)OCCNCCN1CCS(=O)(=O)CC1.O=S1(=O)CCN(CCNCCO)CC1. The molecule has 2 rings (SSSR count). The lowest BCUT2D eigenvalue weighted by atomic mass is 10.2. The lowest BCUT2D eigenvalue weighted by Crippen LogP contribution is -2.44. The molecule has 2 fully saturated rings. The summed E-state index contributed by atoms with van der Waals surface area (Å²) >= 11 is 0. The number of rotatable bonds is 12. The van der Waals surface area contributed by atoms with Crippen LogP contribution in [0, 0.1) is 0 Å². The molecule has 35 heavy (non-hydrogen) atoms. The van der Waals surface area contributed by atoms with Crippen LogP contribution in [-0.4, -0.2) is 142 Å². The van der Waals surface area contributed by atoms with Crippen molar-refractivity contribution in [2.75, 3.05) is 102 Å². The van der Waals surface area contributed by atoms with Crippen LogP contribution in [0.3, 0.4) is 0 Å². The maximum absolute atomic E-state index is 11.3. The van der Waals surface area contributed by atoms with Crippen molar-refractivity contribution in [2.45, 2.75) is 38.9 Å². The van der Waals surface area contributed by atoms with Gasteiger partial charge in [0.25, 0.3) is 0 Å². The van der Waals surface area contributed by atoms with Gasteiger partial charge in [0.15, 0.2) is 28.0 Å². The predicted molar refractivity (Wildman–Crippen MR) is 146 cm³/mol. The Balaban J connectivity index is 0.000000379. The number of nitrogens with one attached hydrogen (secondary N) is 2. The zero-order valence-corrected chi connectivity index (χ0v) is 25.1. The molecule has 0 aromatic carbocycles. The van der Waals surface area contributed by atoms with Gasteiger partial charge in [-0.05, 0) is 18.1 Å². The van der Waals surface area contributed by atoms with Crippen LogP contribution in [0.4, 0.5) is 0 Å². The van der Waals surface area contributed by atoms with Gasteiger partial charge in [-0.1, -0.05) is 20.8 Å². The van der Waals surface area contributed by atoms with Gasteiger partial charge in [-0.3, -0.25) is 0 Å². The van der Waals surface area contributed by atoms with Crippen molar-refractivity contribution in [1.29, 1.82) is 0 Å². The Morgan fingerprint density at radius 1 is 0.771 bits per heavy atom. The van der Waals surface area contributed by atoms with E-state index in [9.17, 15) is 16.8 Å². The number of sulfone groups is 2. The fourth-order valence-electron chi connectivity index (χ4n) is 3.35. The van der Waals surface area contributed by atoms with Crippen LogP contribution in [0.1, 0.15) is 20.8 Å². The first-order chi connectivity index (χ1) is 16.2. The molecule has 0 aromatic heterocycles. The summed E-state index contributed by atoms with van der Waals surface area (Å²) in [6.07, 6.45) is 0. The highest BCUT2D eigenvalue weighted by atomic mass is 32.2. The molecule has 13 heteroatoms. The Morgan fingerprint density at radius 2 is 1.17 bits per heavy atom. The Morgan fingerprint density at radius 3 is 1.54 bits per heavy atom. The summed E-state index contributed by atoms with van der Waals surface area (Å²) in [6, 6.07) is 0. The molecule has 10 nitrogen and oxygen atoms in total. The van der Waals surface area contributed by atoms with E-state index >= 15 is 0 Å². The molecule has 210 valence electrons. The second-order valence-electron chi connectivity index (χ2n) is 10.8. The molecule has 2 aliphatic heterocycles. The summed E-state index contributed by atoms with van der Waals surface area (Å²) < 4.78 is 51.0. The van der Waals surface area contributed by atoms with Gasteiger partial charge in [0.05, 0.1) is 29.6 Å². The summed E-state index contributed by atoms with van der Waals surface area (Å²) in [5, 5.41) is 15.2. The van der Waals surface area contributed by atoms with Gasteiger partial charge in [-0.2, -0.15) is 0 Å². The topological polar surface area (TPSA) is 128 Å². The van der Waals surface area contributed by atoms with Gasteiger partial charge >= 0.3 is 0 Å². The van der Waals surface area contributed by atoms with Gasteiger partial charge < -0.3 is 30.0 Å².